The third-order valence-corrected chi connectivity index (χ3v) is 4.96. The first-order chi connectivity index (χ1) is 10.2. The highest BCUT2D eigenvalue weighted by Crippen LogP contribution is 2.21. The Morgan fingerprint density at radius 1 is 1.19 bits per heavy atom. The predicted molar refractivity (Wildman–Crippen MR) is 87.1 cm³/mol. The fourth-order valence-corrected chi connectivity index (χ4v) is 3.84. The van der Waals surface area contributed by atoms with Gasteiger partial charge in [-0.2, -0.15) is 0 Å². The van der Waals surface area contributed by atoms with E-state index in [0.717, 1.165) is 36.1 Å². The second-order valence-electron chi connectivity index (χ2n) is 5.51. The number of rotatable bonds is 3. The van der Waals surface area contributed by atoms with Crippen LogP contribution in [0.3, 0.4) is 0 Å². The summed E-state index contributed by atoms with van der Waals surface area (Å²) < 4.78 is 2.72. The van der Waals surface area contributed by atoms with E-state index in [1.54, 1.807) is 0 Å². The van der Waals surface area contributed by atoms with Crippen molar-refractivity contribution >= 4 is 27.3 Å². The van der Waals surface area contributed by atoms with Gasteiger partial charge < -0.3 is 5.01 Å². The molecule has 0 aliphatic carbocycles. The number of hydrogen-bond donors (Lipinski definition) is 0. The maximum Gasteiger partial charge on any atom is 0.326 e. The molecule has 112 valence electrons. The van der Waals surface area contributed by atoms with Crippen LogP contribution in [0.2, 0.25) is 0 Å². The SMILES string of the molecule is CCC(=O)c1ccc2c(c1)sc(=O)n2N1CCCCCC1. The Morgan fingerprint density at radius 3 is 2.57 bits per heavy atom. The van der Waals surface area contributed by atoms with Crippen LogP contribution in [0.1, 0.15) is 49.4 Å². The van der Waals surface area contributed by atoms with Gasteiger partial charge in [0.2, 0.25) is 0 Å². The van der Waals surface area contributed by atoms with Crippen molar-refractivity contribution in [2.24, 2.45) is 0 Å². The Labute approximate surface area is 128 Å². The lowest BCUT2D eigenvalue weighted by atomic mass is 10.1. The summed E-state index contributed by atoms with van der Waals surface area (Å²) in [6, 6.07) is 5.62. The highest BCUT2D eigenvalue weighted by atomic mass is 32.1. The third kappa shape index (κ3) is 2.75. The normalized spacial score (nSPS) is 16.1. The maximum atomic E-state index is 12.4. The van der Waals surface area contributed by atoms with Crippen molar-refractivity contribution in [3.05, 3.63) is 33.4 Å². The molecule has 1 aliphatic rings. The number of nitrogens with zero attached hydrogens (tertiary/aromatic N) is 2. The van der Waals surface area contributed by atoms with Crippen molar-refractivity contribution in [2.45, 2.75) is 39.0 Å². The van der Waals surface area contributed by atoms with Crippen molar-refractivity contribution < 1.29 is 4.79 Å². The first kappa shape index (κ1) is 14.3. The standard InChI is InChI=1S/C16H20N2O2S/c1-2-14(19)12-7-8-13-15(11-12)21-16(20)18(13)17-9-5-3-4-6-10-17/h7-8,11H,2-6,9-10H2,1H3. The minimum Gasteiger partial charge on any atom is -0.309 e. The zero-order valence-corrected chi connectivity index (χ0v) is 13.1. The number of aromatic nitrogens is 1. The molecule has 0 spiro atoms. The number of Topliss-reactive ketones (excluding diaryl/α,β-unsaturated/α-hetero) is 1. The molecule has 0 saturated carbocycles. The van der Waals surface area contributed by atoms with E-state index in [0.29, 0.717) is 12.0 Å². The van der Waals surface area contributed by atoms with Crippen LogP contribution in [-0.4, -0.2) is 23.5 Å². The highest BCUT2D eigenvalue weighted by Gasteiger charge is 2.16. The fourth-order valence-electron chi connectivity index (χ4n) is 2.91. The van der Waals surface area contributed by atoms with Gasteiger partial charge in [-0.3, -0.25) is 9.59 Å². The molecule has 0 radical (unpaired) electrons. The van der Waals surface area contributed by atoms with Gasteiger partial charge in [0.1, 0.15) is 0 Å². The molecule has 3 rings (SSSR count). The number of ketones is 1. The number of carbonyl (C=O) groups is 1. The zero-order chi connectivity index (χ0) is 14.8. The van der Waals surface area contributed by atoms with Gasteiger partial charge in [-0.15, -0.1) is 0 Å². The minimum atomic E-state index is 0.0491. The van der Waals surface area contributed by atoms with E-state index in [2.05, 4.69) is 5.01 Å². The van der Waals surface area contributed by atoms with Gasteiger partial charge in [-0.05, 0) is 31.0 Å². The molecular formula is C16H20N2O2S. The molecule has 2 heterocycles. The van der Waals surface area contributed by atoms with E-state index < -0.39 is 0 Å². The lowest BCUT2D eigenvalue weighted by Crippen LogP contribution is -2.40. The number of hydrogen-bond acceptors (Lipinski definition) is 4. The van der Waals surface area contributed by atoms with E-state index in [4.69, 9.17) is 0 Å². The van der Waals surface area contributed by atoms with E-state index >= 15 is 0 Å². The summed E-state index contributed by atoms with van der Waals surface area (Å²) >= 11 is 1.23. The molecule has 1 saturated heterocycles. The summed E-state index contributed by atoms with van der Waals surface area (Å²) in [7, 11) is 0. The Kier molecular flexibility index (Phi) is 4.10. The molecule has 0 bridgehead atoms. The fraction of sp³-hybridized carbons (Fsp3) is 0.500. The molecule has 0 unspecified atom stereocenters. The van der Waals surface area contributed by atoms with Crippen LogP contribution >= 0.6 is 11.3 Å². The topological polar surface area (TPSA) is 42.3 Å². The molecule has 2 aromatic rings. The molecule has 21 heavy (non-hydrogen) atoms. The molecule has 0 amide bonds. The van der Waals surface area contributed by atoms with Crippen LogP contribution in [0.25, 0.3) is 10.2 Å². The summed E-state index contributed by atoms with van der Waals surface area (Å²) in [6.45, 7) is 3.72. The smallest absolute Gasteiger partial charge is 0.309 e. The Balaban J connectivity index is 2.05. The van der Waals surface area contributed by atoms with E-state index in [1.807, 2.05) is 29.8 Å². The molecule has 0 atom stereocenters. The molecule has 5 heteroatoms. The molecule has 1 aromatic heterocycles. The number of thiazole rings is 1. The quantitative estimate of drug-likeness (QED) is 0.818. The summed E-state index contributed by atoms with van der Waals surface area (Å²) in [5.74, 6) is 0.124. The van der Waals surface area contributed by atoms with Crippen LogP contribution in [0.4, 0.5) is 0 Å². The van der Waals surface area contributed by atoms with Crippen molar-refractivity contribution in [3.8, 4) is 0 Å². The van der Waals surface area contributed by atoms with Gasteiger partial charge in [0.15, 0.2) is 5.78 Å². The zero-order valence-electron chi connectivity index (χ0n) is 12.3. The summed E-state index contributed by atoms with van der Waals surface area (Å²) in [5, 5.41) is 2.16. The van der Waals surface area contributed by atoms with Crippen LogP contribution in [0.15, 0.2) is 23.0 Å². The molecule has 0 N–H and O–H groups in total. The van der Waals surface area contributed by atoms with Crippen LogP contribution < -0.4 is 9.88 Å². The number of carbonyl (C=O) groups excluding carboxylic acids is 1. The van der Waals surface area contributed by atoms with Gasteiger partial charge >= 0.3 is 4.87 Å². The summed E-state index contributed by atoms with van der Waals surface area (Å²) in [4.78, 5) is 24.2. The average molecular weight is 304 g/mol. The molecule has 1 fully saturated rings. The third-order valence-electron chi connectivity index (χ3n) is 4.07. The van der Waals surface area contributed by atoms with Gasteiger partial charge in [0.05, 0.1) is 10.2 Å². The summed E-state index contributed by atoms with van der Waals surface area (Å²) in [5.41, 5.74) is 1.63. The molecule has 1 aliphatic heterocycles. The lowest BCUT2D eigenvalue weighted by Gasteiger charge is -2.23. The largest absolute Gasteiger partial charge is 0.326 e. The van der Waals surface area contributed by atoms with Gasteiger partial charge in [-0.25, -0.2) is 4.68 Å². The lowest BCUT2D eigenvalue weighted by molar-refractivity contribution is 0.0988. The van der Waals surface area contributed by atoms with Crippen molar-refractivity contribution in [3.63, 3.8) is 0 Å². The van der Waals surface area contributed by atoms with Crippen molar-refractivity contribution in [1.29, 1.82) is 0 Å². The van der Waals surface area contributed by atoms with Gasteiger partial charge in [0.25, 0.3) is 0 Å². The second kappa shape index (κ2) is 6.02. The Morgan fingerprint density at radius 2 is 1.90 bits per heavy atom. The van der Waals surface area contributed by atoms with Crippen LogP contribution in [0, 0.1) is 0 Å². The van der Waals surface area contributed by atoms with Crippen LogP contribution in [0.5, 0.6) is 0 Å². The Hall–Kier alpha value is -1.62. The first-order valence-electron chi connectivity index (χ1n) is 7.64. The highest BCUT2D eigenvalue weighted by molar-refractivity contribution is 7.16. The average Bonchev–Trinajstić information content (AvgIpc) is 2.67. The molecule has 1 aromatic carbocycles. The maximum absolute atomic E-state index is 12.4. The van der Waals surface area contributed by atoms with Gasteiger partial charge in [0, 0.05) is 25.1 Å². The monoisotopic (exact) mass is 304 g/mol. The van der Waals surface area contributed by atoms with E-state index in [-0.39, 0.29) is 10.7 Å². The molecule has 4 nitrogen and oxygen atoms in total. The number of benzene rings is 1. The van der Waals surface area contributed by atoms with Crippen molar-refractivity contribution in [1.82, 2.24) is 4.68 Å². The van der Waals surface area contributed by atoms with Gasteiger partial charge in [-0.1, -0.05) is 31.1 Å². The molecular weight excluding hydrogens is 284 g/mol. The van der Waals surface area contributed by atoms with E-state index in [9.17, 15) is 9.59 Å². The summed E-state index contributed by atoms with van der Waals surface area (Å²) in [6.07, 6.45) is 5.24. The second-order valence-corrected chi connectivity index (χ2v) is 6.50. The predicted octanol–water partition coefficient (Wildman–Crippen LogP) is 3.17. The van der Waals surface area contributed by atoms with E-state index in [1.165, 1.54) is 24.2 Å². The Bertz CT molecular complexity index is 709. The van der Waals surface area contributed by atoms with Crippen LogP contribution in [-0.2, 0) is 0 Å². The van der Waals surface area contributed by atoms with Crippen molar-refractivity contribution in [2.75, 3.05) is 18.1 Å². The minimum absolute atomic E-state index is 0.0491. The number of fused-ring (bicyclic) bond motifs is 1. The first-order valence-corrected chi connectivity index (χ1v) is 8.46.